The number of amides is 1. The molecule has 0 aliphatic rings. The second kappa shape index (κ2) is 5.17. The molecule has 0 aromatic heterocycles. The highest BCUT2D eigenvalue weighted by Crippen LogP contribution is 2.23. The second-order valence-electron chi connectivity index (χ2n) is 4.75. The predicted octanol–water partition coefficient (Wildman–Crippen LogP) is 3.50. The molecule has 3 aromatic carbocycles. The van der Waals surface area contributed by atoms with Gasteiger partial charge in [-0.25, -0.2) is 0 Å². The molecule has 3 aromatic rings. The van der Waals surface area contributed by atoms with Crippen molar-refractivity contribution < 1.29 is 15.0 Å². The first-order chi connectivity index (χ1) is 10.1. The monoisotopic (exact) mass is 279 g/mol. The van der Waals surface area contributed by atoms with Gasteiger partial charge in [0.05, 0.1) is 0 Å². The van der Waals surface area contributed by atoms with Crippen molar-refractivity contribution >= 4 is 22.4 Å². The Balaban J connectivity index is 1.88. The predicted molar refractivity (Wildman–Crippen MR) is 81.7 cm³/mol. The quantitative estimate of drug-likeness (QED) is 0.672. The van der Waals surface area contributed by atoms with E-state index in [4.69, 9.17) is 0 Å². The molecule has 4 heteroatoms. The fourth-order valence-corrected chi connectivity index (χ4v) is 2.20. The van der Waals surface area contributed by atoms with Gasteiger partial charge in [0.15, 0.2) is 0 Å². The summed E-state index contributed by atoms with van der Waals surface area (Å²) in [4.78, 5) is 12.1. The van der Waals surface area contributed by atoms with E-state index in [0.29, 0.717) is 5.69 Å². The molecule has 4 nitrogen and oxygen atoms in total. The van der Waals surface area contributed by atoms with Crippen molar-refractivity contribution in [2.75, 3.05) is 5.32 Å². The Labute approximate surface area is 121 Å². The SMILES string of the molecule is O=C(Nc1ccc2ccccc2c1)c1cc(O)cc(O)c1. The van der Waals surface area contributed by atoms with E-state index in [1.807, 2.05) is 42.5 Å². The molecule has 0 saturated heterocycles. The number of fused-ring (bicyclic) bond motifs is 1. The van der Waals surface area contributed by atoms with E-state index in [9.17, 15) is 15.0 Å². The molecule has 0 radical (unpaired) electrons. The van der Waals surface area contributed by atoms with Crippen LogP contribution in [-0.4, -0.2) is 16.1 Å². The number of carbonyl (C=O) groups excluding carboxylic acids is 1. The van der Waals surface area contributed by atoms with Gasteiger partial charge in [-0.05, 0) is 35.0 Å². The van der Waals surface area contributed by atoms with E-state index in [2.05, 4.69) is 5.32 Å². The first kappa shape index (κ1) is 13.0. The molecule has 0 unspecified atom stereocenters. The van der Waals surface area contributed by atoms with Crippen LogP contribution in [0.5, 0.6) is 11.5 Å². The largest absolute Gasteiger partial charge is 0.508 e. The number of carbonyl (C=O) groups is 1. The van der Waals surface area contributed by atoms with E-state index < -0.39 is 5.91 Å². The molecule has 0 bridgehead atoms. The zero-order valence-electron chi connectivity index (χ0n) is 11.1. The van der Waals surface area contributed by atoms with E-state index in [1.165, 1.54) is 18.2 Å². The molecule has 0 heterocycles. The average Bonchev–Trinajstić information content (AvgIpc) is 2.46. The molecule has 21 heavy (non-hydrogen) atoms. The van der Waals surface area contributed by atoms with E-state index in [0.717, 1.165) is 10.8 Å². The molecule has 0 atom stereocenters. The maximum atomic E-state index is 12.1. The van der Waals surface area contributed by atoms with Crippen LogP contribution in [-0.2, 0) is 0 Å². The molecule has 0 fully saturated rings. The number of phenolic OH excluding ortho intramolecular Hbond substituents is 2. The number of nitrogens with one attached hydrogen (secondary N) is 1. The van der Waals surface area contributed by atoms with Gasteiger partial charge in [-0.15, -0.1) is 0 Å². The van der Waals surface area contributed by atoms with Gasteiger partial charge in [0.1, 0.15) is 11.5 Å². The Bertz CT molecular complexity index is 807. The third kappa shape index (κ3) is 2.79. The minimum Gasteiger partial charge on any atom is -0.508 e. The van der Waals surface area contributed by atoms with Crippen molar-refractivity contribution in [3.05, 3.63) is 66.2 Å². The Morgan fingerprint density at radius 2 is 1.48 bits per heavy atom. The number of rotatable bonds is 2. The number of phenols is 2. The summed E-state index contributed by atoms with van der Waals surface area (Å²) in [6.07, 6.45) is 0. The van der Waals surface area contributed by atoms with Crippen molar-refractivity contribution in [2.45, 2.75) is 0 Å². The van der Waals surface area contributed by atoms with Gasteiger partial charge < -0.3 is 15.5 Å². The van der Waals surface area contributed by atoms with Crippen molar-refractivity contribution in [2.24, 2.45) is 0 Å². The lowest BCUT2D eigenvalue weighted by atomic mass is 10.1. The van der Waals surface area contributed by atoms with Crippen LogP contribution in [0.1, 0.15) is 10.4 Å². The standard InChI is InChI=1S/C17H13NO3/c19-15-8-13(9-16(20)10-15)17(21)18-14-6-5-11-3-1-2-4-12(11)7-14/h1-10,19-20H,(H,18,21). The Morgan fingerprint density at radius 3 is 2.19 bits per heavy atom. The van der Waals surface area contributed by atoms with Crippen molar-refractivity contribution in [1.29, 1.82) is 0 Å². The van der Waals surface area contributed by atoms with Gasteiger partial charge in [-0.3, -0.25) is 4.79 Å². The van der Waals surface area contributed by atoms with Crippen molar-refractivity contribution in [3.8, 4) is 11.5 Å². The summed E-state index contributed by atoms with van der Waals surface area (Å²) in [5, 5.41) is 23.7. The van der Waals surface area contributed by atoms with Gasteiger partial charge in [-0.2, -0.15) is 0 Å². The van der Waals surface area contributed by atoms with Crippen LogP contribution >= 0.6 is 0 Å². The number of hydrogen-bond acceptors (Lipinski definition) is 3. The van der Waals surface area contributed by atoms with E-state index >= 15 is 0 Å². The smallest absolute Gasteiger partial charge is 0.255 e. The Hall–Kier alpha value is -3.01. The molecule has 3 N–H and O–H groups in total. The zero-order chi connectivity index (χ0) is 14.8. The van der Waals surface area contributed by atoms with Crippen molar-refractivity contribution in [3.63, 3.8) is 0 Å². The second-order valence-corrected chi connectivity index (χ2v) is 4.75. The maximum Gasteiger partial charge on any atom is 0.255 e. The normalized spacial score (nSPS) is 10.5. The fraction of sp³-hybridized carbons (Fsp3) is 0. The van der Waals surface area contributed by atoms with Crippen LogP contribution < -0.4 is 5.32 Å². The third-order valence-electron chi connectivity index (χ3n) is 3.17. The Kier molecular flexibility index (Phi) is 3.20. The van der Waals surface area contributed by atoms with Crippen LogP contribution in [0.4, 0.5) is 5.69 Å². The van der Waals surface area contributed by atoms with Crippen LogP contribution in [0.25, 0.3) is 10.8 Å². The highest BCUT2D eigenvalue weighted by atomic mass is 16.3. The third-order valence-corrected chi connectivity index (χ3v) is 3.17. The van der Waals surface area contributed by atoms with E-state index in [1.54, 1.807) is 0 Å². The van der Waals surface area contributed by atoms with Crippen LogP contribution in [0.15, 0.2) is 60.7 Å². The first-order valence-electron chi connectivity index (χ1n) is 6.45. The molecule has 0 saturated carbocycles. The average molecular weight is 279 g/mol. The lowest BCUT2D eigenvalue weighted by molar-refractivity contribution is 0.102. The molecule has 1 amide bonds. The first-order valence-corrected chi connectivity index (χ1v) is 6.45. The summed E-state index contributed by atoms with van der Waals surface area (Å²) in [5.74, 6) is -0.700. The molecule has 0 spiro atoms. The van der Waals surface area contributed by atoms with Crippen LogP contribution in [0.2, 0.25) is 0 Å². The van der Waals surface area contributed by atoms with E-state index in [-0.39, 0.29) is 17.1 Å². The number of hydrogen-bond donors (Lipinski definition) is 3. The molecule has 104 valence electrons. The highest BCUT2D eigenvalue weighted by Gasteiger charge is 2.09. The molecular formula is C17H13NO3. The summed E-state index contributed by atoms with van der Waals surface area (Å²) in [6.45, 7) is 0. The van der Waals surface area contributed by atoms with Gasteiger partial charge >= 0.3 is 0 Å². The van der Waals surface area contributed by atoms with Gasteiger partial charge in [0.25, 0.3) is 5.91 Å². The summed E-state index contributed by atoms with van der Waals surface area (Å²) in [6, 6.07) is 17.2. The van der Waals surface area contributed by atoms with Gasteiger partial charge in [0, 0.05) is 17.3 Å². The molecule has 0 aliphatic carbocycles. The lowest BCUT2D eigenvalue weighted by Crippen LogP contribution is -2.11. The minimum absolute atomic E-state index is 0.154. The summed E-state index contributed by atoms with van der Waals surface area (Å²) < 4.78 is 0. The van der Waals surface area contributed by atoms with Crippen LogP contribution in [0.3, 0.4) is 0 Å². The molecule has 0 aliphatic heterocycles. The topological polar surface area (TPSA) is 69.6 Å². The van der Waals surface area contributed by atoms with Gasteiger partial charge in [0.2, 0.25) is 0 Å². The van der Waals surface area contributed by atoms with Crippen molar-refractivity contribution in [1.82, 2.24) is 0 Å². The minimum atomic E-state index is -0.392. The molecular weight excluding hydrogens is 266 g/mol. The lowest BCUT2D eigenvalue weighted by Gasteiger charge is -2.07. The highest BCUT2D eigenvalue weighted by molar-refractivity contribution is 6.05. The van der Waals surface area contributed by atoms with Crippen LogP contribution in [0, 0.1) is 0 Å². The number of benzene rings is 3. The number of aromatic hydroxyl groups is 2. The zero-order valence-corrected chi connectivity index (χ0v) is 11.1. The summed E-state index contributed by atoms with van der Waals surface area (Å²) in [5.41, 5.74) is 0.849. The molecule has 3 rings (SSSR count). The number of anilines is 1. The van der Waals surface area contributed by atoms with Gasteiger partial charge in [-0.1, -0.05) is 30.3 Å². The Morgan fingerprint density at radius 1 is 0.810 bits per heavy atom. The summed E-state index contributed by atoms with van der Waals surface area (Å²) >= 11 is 0. The fourth-order valence-electron chi connectivity index (χ4n) is 2.20. The maximum absolute atomic E-state index is 12.1. The summed E-state index contributed by atoms with van der Waals surface area (Å²) in [7, 11) is 0.